The van der Waals surface area contributed by atoms with Gasteiger partial charge in [0.05, 0.1) is 29.9 Å². The molecular formula is C47H50F6N2O5. The first-order valence-electron chi connectivity index (χ1n) is 20.1. The smallest absolute Gasteiger partial charge is 0.406 e. The number of allylic oxidation sites excluding steroid dienone is 2. The lowest BCUT2D eigenvalue weighted by atomic mass is 9.64. The summed E-state index contributed by atoms with van der Waals surface area (Å²) in [6.07, 6.45) is -5.53. The average Bonchev–Trinajstić information content (AvgIpc) is 3.45. The zero-order chi connectivity index (χ0) is 43.5. The number of alkyl halides is 6. The second-order valence-corrected chi connectivity index (χ2v) is 16.5. The van der Waals surface area contributed by atoms with Crippen LogP contribution in [0.4, 0.5) is 31.1 Å². The first kappa shape index (κ1) is 44.4. The Morgan fingerprint density at radius 3 is 2.32 bits per heavy atom. The molecule has 13 heteroatoms. The predicted octanol–water partition coefficient (Wildman–Crippen LogP) is 10.8. The molecule has 0 saturated heterocycles. The van der Waals surface area contributed by atoms with Crippen molar-refractivity contribution in [2.75, 3.05) is 6.54 Å². The first-order chi connectivity index (χ1) is 28.2. The quantitative estimate of drug-likeness (QED) is 0.0886. The molecule has 5 unspecified atom stereocenters. The summed E-state index contributed by atoms with van der Waals surface area (Å²) in [5, 5.41) is 27.0. The van der Waals surface area contributed by atoms with Crippen molar-refractivity contribution in [3.63, 3.8) is 0 Å². The maximum atomic E-state index is 14.4. The van der Waals surface area contributed by atoms with Gasteiger partial charge in [-0.25, -0.2) is 4.79 Å². The van der Waals surface area contributed by atoms with E-state index in [0.717, 1.165) is 35.4 Å². The number of hydrogen-bond acceptors (Lipinski definition) is 5. The van der Waals surface area contributed by atoms with E-state index in [-0.39, 0.29) is 37.1 Å². The zero-order valence-electron chi connectivity index (χ0n) is 33.7. The monoisotopic (exact) mass is 836 g/mol. The summed E-state index contributed by atoms with van der Waals surface area (Å²) in [5.74, 6) is -1.56. The summed E-state index contributed by atoms with van der Waals surface area (Å²) >= 11 is 0. The van der Waals surface area contributed by atoms with Crippen LogP contribution in [0.15, 0.2) is 109 Å². The largest absolute Gasteiger partial charge is 0.573 e. The topological polar surface area (TPSA) is 99.1 Å². The van der Waals surface area contributed by atoms with E-state index < -0.39 is 64.7 Å². The Morgan fingerprint density at radius 1 is 0.917 bits per heavy atom. The van der Waals surface area contributed by atoms with Gasteiger partial charge in [0, 0.05) is 23.1 Å². The number of fused-ring (bicyclic) bond motifs is 8. The van der Waals surface area contributed by atoms with Crippen LogP contribution in [0.25, 0.3) is 0 Å². The summed E-state index contributed by atoms with van der Waals surface area (Å²) in [7, 11) is 0. The molecule has 3 N–H and O–H groups in total. The van der Waals surface area contributed by atoms with Crippen LogP contribution in [0.1, 0.15) is 115 Å². The van der Waals surface area contributed by atoms with Crippen molar-refractivity contribution in [3.05, 3.63) is 148 Å². The van der Waals surface area contributed by atoms with E-state index in [0.29, 0.717) is 48.8 Å². The molecule has 0 aromatic heterocycles. The van der Waals surface area contributed by atoms with E-state index in [1.54, 1.807) is 12.1 Å². The van der Waals surface area contributed by atoms with Crippen LogP contribution in [0.2, 0.25) is 0 Å². The lowest BCUT2D eigenvalue weighted by Crippen LogP contribution is -2.55. The molecule has 2 amide bonds. The lowest BCUT2D eigenvalue weighted by Gasteiger charge is -2.46. The fourth-order valence-electron chi connectivity index (χ4n) is 8.82. The SMILES string of the molecule is CC1=CCCC2(C)C(CCC2(O)CN(Cc2ccc(OC(F)(F)F)cc2)C(=O)NC(C)c2ccccc2)c2ccc(cc2C(=O)c2cccc(C(F)(F)F)c2)CC(O)CC1. The van der Waals surface area contributed by atoms with Gasteiger partial charge >= 0.3 is 18.6 Å². The summed E-state index contributed by atoms with van der Waals surface area (Å²) in [5.41, 5.74) is -0.0151. The normalized spacial score (nSPS) is 22.9. The number of carbonyl (C=O) groups excluding carboxylic acids is 2. The van der Waals surface area contributed by atoms with Gasteiger partial charge in [-0.05, 0) is 117 Å². The molecule has 1 saturated carbocycles. The fourth-order valence-corrected chi connectivity index (χ4v) is 8.82. The molecule has 1 fully saturated rings. The molecule has 2 bridgehead atoms. The van der Waals surface area contributed by atoms with Crippen LogP contribution >= 0.6 is 0 Å². The number of hydrogen-bond donors (Lipinski definition) is 3. The lowest BCUT2D eigenvalue weighted by molar-refractivity contribution is -0.274. The van der Waals surface area contributed by atoms with Crippen LogP contribution < -0.4 is 10.1 Å². The minimum absolute atomic E-state index is 0.0853. The van der Waals surface area contributed by atoms with Gasteiger partial charge < -0.3 is 25.2 Å². The van der Waals surface area contributed by atoms with Gasteiger partial charge in [0.2, 0.25) is 0 Å². The maximum Gasteiger partial charge on any atom is 0.573 e. The number of benzene rings is 4. The third-order valence-electron chi connectivity index (χ3n) is 12.3. The molecule has 4 aromatic carbocycles. The highest BCUT2D eigenvalue weighted by Gasteiger charge is 2.57. The van der Waals surface area contributed by atoms with Crippen LogP contribution in [-0.2, 0) is 19.1 Å². The van der Waals surface area contributed by atoms with Crippen molar-refractivity contribution in [1.29, 1.82) is 0 Å². The van der Waals surface area contributed by atoms with E-state index >= 15 is 0 Å². The van der Waals surface area contributed by atoms with Crippen LogP contribution in [0.5, 0.6) is 5.75 Å². The van der Waals surface area contributed by atoms with Gasteiger partial charge in [-0.15, -0.1) is 13.2 Å². The number of carbonyl (C=O) groups is 2. The number of aliphatic hydroxyl groups is 2. The summed E-state index contributed by atoms with van der Waals surface area (Å²) in [4.78, 5) is 30.1. The average molecular weight is 837 g/mol. The minimum Gasteiger partial charge on any atom is -0.406 e. The van der Waals surface area contributed by atoms with Crippen molar-refractivity contribution in [2.45, 2.75) is 108 Å². The number of rotatable bonds is 9. The Kier molecular flexibility index (Phi) is 13.2. The molecule has 320 valence electrons. The highest BCUT2D eigenvalue weighted by atomic mass is 19.4. The predicted molar refractivity (Wildman–Crippen MR) is 215 cm³/mol. The van der Waals surface area contributed by atoms with Crippen LogP contribution in [0, 0.1) is 5.41 Å². The van der Waals surface area contributed by atoms with E-state index in [1.807, 2.05) is 57.2 Å². The highest BCUT2D eigenvalue weighted by molar-refractivity contribution is 6.10. The second kappa shape index (κ2) is 17.8. The summed E-state index contributed by atoms with van der Waals surface area (Å²) in [6, 6.07) is 22.9. The number of ether oxygens (including phenoxy) is 1. The van der Waals surface area contributed by atoms with E-state index in [2.05, 4.69) is 16.1 Å². The Bertz CT molecular complexity index is 2170. The molecule has 60 heavy (non-hydrogen) atoms. The Labute approximate surface area is 346 Å². The molecule has 0 radical (unpaired) electrons. The Balaban J connectivity index is 1.41. The number of ketones is 1. The molecule has 0 heterocycles. The number of halogens is 6. The second-order valence-electron chi connectivity index (χ2n) is 16.5. The highest BCUT2D eigenvalue weighted by Crippen LogP contribution is 2.59. The van der Waals surface area contributed by atoms with Crippen molar-refractivity contribution in [2.24, 2.45) is 5.41 Å². The van der Waals surface area contributed by atoms with Gasteiger partial charge in [0.25, 0.3) is 0 Å². The van der Waals surface area contributed by atoms with Crippen molar-refractivity contribution >= 4 is 11.8 Å². The molecule has 4 aromatic rings. The van der Waals surface area contributed by atoms with E-state index in [1.165, 1.54) is 29.2 Å². The number of nitrogens with one attached hydrogen (secondary N) is 1. The van der Waals surface area contributed by atoms with Gasteiger partial charge in [-0.1, -0.05) is 85.3 Å². The zero-order valence-corrected chi connectivity index (χ0v) is 33.7. The Hall–Kier alpha value is -5.14. The summed E-state index contributed by atoms with van der Waals surface area (Å²) < 4.78 is 84.4. The summed E-state index contributed by atoms with van der Waals surface area (Å²) in [6.45, 7) is 5.43. The van der Waals surface area contributed by atoms with E-state index in [4.69, 9.17) is 0 Å². The number of nitrogens with zero attached hydrogens (tertiary/aromatic N) is 1. The number of urea groups is 1. The first-order valence-corrected chi connectivity index (χ1v) is 20.1. The molecule has 3 aliphatic rings. The molecule has 7 nitrogen and oxygen atoms in total. The molecule has 5 atom stereocenters. The molecular weight excluding hydrogens is 787 g/mol. The minimum atomic E-state index is -4.89. The standard InChI is InChI=1S/C47H50F6N2O5/c1-30-9-8-23-44(3)41(39-21-17-33(25-37(56)18-14-30)26-40(39)42(57)35-12-7-13-36(27-35)46(48,49)50)22-24-45(44,59)29-55(43(58)54-31(2)34-10-5-4-6-11-34)28-32-15-19-38(20-16-32)60-47(51,52)53/h4-7,9-13,15-17,19-21,26-27,31,37,41,56,59H,8,14,18,22-25,28-29H2,1-3H3,(H,54,58). The van der Waals surface area contributed by atoms with Crippen molar-refractivity contribution in [3.8, 4) is 5.75 Å². The molecule has 7 rings (SSSR count). The third kappa shape index (κ3) is 10.4. The van der Waals surface area contributed by atoms with E-state index in [9.17, 15) is 46.1 Å². The number of amides is 2. The van der Waals surface area contributed by atoms with Gasteiger partial charge in [-0.2, -0.15) is 13.2 Å². The van der Waals surface area contributed by atoms with Crippen LogP contribution in [0.3, 0.4) is 0 Å². The molecule has 3 aliphatic carbocycles. The van der Waals surface area contributed by atoms with Crippen LogP contribution in [-0.4, -0.2) is 51.5 Å². The van der Waals surface area contributed by atoms with Gasteiger partial charge in [0.1, 0.15) is 5.75 Å². The van der Waals surface area contributed by atoms with Gasteiger partial charge in [0.15, 0.2) is 5.78 Å². The van der Waals surface area contributed by atoms with Crippen molar-refractivity contribution in [1.82, 2.24) is 10.2 Å². The number of aliphatic hydroxyl groups excluding tert-OH is 1. The van der Waals surface area contributed by atoms with Gasteiger partial charge in [-0.3, -0.25) is 4.79 Å². The van der Waals surface area contributed by atoms with Crippen molar-refractivity contribution < 1.29 is 50.9 Å². The fraction of sp³-hybridized carbons (Fsp3) is 0.404. The molecule has 0 spiro atoms. The molecule has 0 aliphatic heterocycles. The third-order valence-corrected chi connectivity index (χ3v) is 12.3. The Morgan fingerprint density at radius 2 is 1.63 bits per heavy atom. The maximum absolute atomic E-state index is 14.4.